The molecule has 17 heavy (non-hydrogen) atoms. The number of nitrogens with one attached hydrogen (secondary N) is 2. The van der Waals surface area contributed by atoms with Gasteiger partial charge in [0.2, 0.25) is 5.91 Å². The normalized spacial score (nSPS) is 18.7. The van der Waals surface area contributed by atoms with Gasteiger partial charge in [0.05, 0.1) is 0 Å². The van der Waals surface area contributed by atoms with Crippen LogP contribution in [-0.2, 0) is 4.79 Å². The largest absolute Gasteiger partial charge is 0.326 e. The Labute approximate surface area is 110 Å². The van der Waals surface area contributed by atoms with Gasteiger partial charge >= 0.3 is 0 Å². The maximum atomic E-state index is 12.2. The molecule has 92 valence electrons. The summed E-state index contributed by atoms with van der Waals surface area (Å²) in [7, 11) is 0. The predicted molar refractivity (Wildman–Crippen MR) is 73.0 cm³/mol. The van der Waals surface area contributed by atoms with Crippen molar-refractivity contribution in [3.05, 3.63) is 28.7 Å². The summed E-state index contributed by atoms with van der Waals surface area (Å²) in [6.45, 7) is 3.88. The number of benzene rings is 1. The van der Waals surface area contributed by atoms with Gasteiger partial charge in [-0.15, -0.1) is 0 Å². The highest BCUT2D eigenvalue weighted by Gasteiger charge is 2.34. The van der Waals surface area contributed by atoms with Crippen molar-refractivity contribution < 1.29 is 4.79 Å². The molecule has 1 aliphatic heterocycles. The molecule has 1 aromatic rings. The highest BCUT2D eigenvalue weighted by atomic mass is 79.9. The van der Waals surface area contributed by atoms with Crippen molar-refractivity contribution >= 4 is 27.5 Å². The van der Waals surface area contributed by atoms with E-state index in [4.69, 9.17) is 0 Å². The summed E-state index contributed by atoms with van der Waals surface area (Å²) in [5.74, 6) is 0.122. The molecule has 0 aromatic heterocycles. The summed E-state index contributed by atoms with van der Waals surface area (Å²) < 4.78 is 0.978. The van der Waals surface area contributed by atoms with Gasteiger partial charge in [-0.05, 0) is 44.1 Å². The monoisotopic (exact) mass is 296 g/mol. The molecule has 3 nitrogen and oxygen atoms in total. The van der Waals surface area contributed by atoms with Crippen LogP contribution < -0.4 is 10.6 Å². The molecule has 1 saturated heterocycles. The van der Waals surface area contributed by atoms with Gasteiger partial charge in [-0.1, -0.05) is 28.9 Å². The third-order valence-electron chi connectivity index (χ3n) is 3.34. The van der Waals surface area contributed by atoms with Gasteiger partial charge in [0.15, 0.2) is 0 Å². The van der Waals surface area contributed by atoms with Crippen LogP contribution in [-0.4, -0.2) is 19.0 Å². The number of hydrogen-bond acceptors (Lipinski definition) is 2. The van der Waals surface area contributed by atoms with E-state index in [1.54, 1.807) is 0 Å². The smallest absolute Gasteiger partial charge is 0.230 e. The van der Waals surface area contributed by atoms with Crippen LogP contribution in [0.15, 0.2) is 28.7 Å². The van der Waals surface area contributed by atoms with Crippen molar-refractivity contribution in [3.63, 3.8) is 0 Å². The van der Waals surface area contributed by atoms with Crippen molar-refractivity contribution in [1.82, 2.24) is 5.32 Å². The molecule has 1 amide bonds. The molecule has 1 aromatic carbocycles. The Balaban J connectivity index is 2.05. The lowest BCUT2D eigenvalue weighted by Crippen LogP contribution is -2.42. The zero-order valence-electron chi connectivity index (χ0n) is 9.92. The maximum Gasteiger partial charge on any atom is 0.230 e. The minimum Gasteiger partial charge on any atom is -0.326 e. The van der Waals surface area contributed by atoms with E-state index in [2.05, 4.69) is 26.6 Å². The maximum absolute atomic E-state index is 12.2. The standard InChI is InChI=1S/C13H17BrN2O/c1-13(5-7-15-8-6-13)12(17)16-11-4-2-3-10(14)9-11/h2-4,9,15H,5-8H2,1H3,(H,16,17). The molecule has 2 rings (SSSR count). The van der Waals surface area contributed by atoms with Crippen molar-refractivity contribution in [2.45, 2.75) is 19.8 Å². The van der Waals surface area contributed by atoms with Gasteiger partial charge in [-0.2, -0.15) is 0 Å². The lowest BCUT2D eigenvalue weighted by Gasteiger charge is -2.32. The summed E-state index contributed by atoms with van der Waals surface area (Å²) in [4.78, 5) is 12.2. The highest BCUT2D eigenvalue weighted by molar-refractivity contribution is 9.10. The molecule has 0 atom stereocenters. The van der Waals surface area contributed by atoms with Crippen LogP contribution in [0.2, 0.25) is 0 Å². The van der Waals surface area contributed by atoms with E-state index in [1.807, 2.05) is 31.2 Å². The summed E-state index contributed by atoms with van der Waals surface area (Å²) in [5, 5.41) is 6.28. The second kappa shape index (κ2) is 5.19. The van der Waals surface area contributed by atoms with Crippen molar-refractivity contribution in [3.8, 4) is 0 Å². The SMILES string of the molecule is CC1(C(=O)Nc2cccc(Br)c2)CCNCC1. The van der Waals surface area contributed by atoms with E-state index in [1.165, 1.54) is 0 Å². The molecule has 0 aliphatic carbocycles. The summed E-state index contributed by atoms with van der Waals surface area (Å²) in [6, 6.07) is 7.70. The first kappa shape index (κ1) is 12.6. The summed E-state index contributed by atoms with van der Waals surface area (Å²) in [6.07, 6.45) is 1.79. The Morgan fingerprint density at radius 1 is 1.41 bits per heavy atom. The number of hydrogen-bond donors (Lipinski definition) is 2. The van der Waals surface area contributed by atoms with Gasteiger partial charge in [-0.3, -0.25) is 4.79 Å². The lowest BCUT2D eigenvalue weighted by molar-refractivity contribution is -0.126. The second-order valence-electron chi connectivity index (χ2n) is 4.78. The average molecular weight is 297 g/mol. The molecule has 0 unspecified atom stereocenters. The van der Waals surface area contributed by atoms with E-state index in [0.29, 0.717) is 0 Å². The fourth-order valence-electron chi connectivity index (χ4n) is 2.05. The Bertz CT molecular complexity index is 414. The van der Waals surface area contributed by atoms with Crippen LogP contribution in [0, 0.1) is 5.41 Å². The first-order valence-corrected chi connectivity index (χ1v) is 6.67. The fourth-order valence-corrected chi connectivity index (χ4v) is 2.45. The lowest BCUT2D eigenvalue weighted by atomic mass is 9.80. The number of halogens is 1. The van der Waals surface area contributed by atoms with E-state index in [-0.39, 0.29) is 11.3 Å². The van der Waals surface area contributed by atoms with E-state index in [9.17, 15) is 4.79 Å². The summed E-state index contributed by atoms with van der Waals surface area (Å²) in [5.41, 5.74) is 0.609. The van der Waals surface area contributed by atoms with Crippen LogP contribution in [0.5, 0.6) is 0 Å². The second-order valence-corrected chi connectivity index (χ2v) is 5.69. The Morgan fingerprint density at radius 3 is 2.76 bits per heavy atom. The van der Waals surface area contributed by atoms with Crippen LogP contribution in [0.3, 0.4) is 0 Å². The number of rotatable bonds is 2. The van der Waals surface area contributed by atoms with E-state index < -0.39 is 0 Å². The van der Waals surface area contributed by atoms with Crippen LogP contribution in [0.25, 0.3) is 0 Å². The van der Waals surface area contributed by atoms with Gasteiger partial charge in [0.1, 0.15) is 0 Å². The first-order valence-electron chi connectivity index (χ1n) is 5.88. The minimum atomic E-state index is -0.242. The third-order valence-corrected chi connectivity index (χ3v) is 3.83. The minimum absolute atomic E-state index is 0.122. The Morgan fingerprint density at radius 2 is 2.12 bits per heavy atom. The number of carbonyl (C=O) groups excluding carboxylic acids is 1. The number of piperidine rings is 1. The predicted octanol–water partition coefficient (Wildman–Crippen LogP) is 2.78. The van der Waals surface area contributed by atoms with Crippen LogP contribution >= 0.6 is 15.9 Å². The Kier molecular flexibility index (Phi) is 3.84. The molecule has 1 aliphatic rings. The van der Waals surface area contributed by atoms with Gasteiger partial charge in [-0.25, -0.2) is 0 Å². The molecule has 1 heterocycles. The highest BCUT2D eigenvalue weighted by Crippen LogP contribution is 2.29. The molecular weight excluding hydrogens is 280 g/mol. The van der Waals surface area contributed by atoms with Crippen LogP contribution in [0.1, 0.15) is 19.8 Å². The molecule has 2 N–H and O–H groups in total. The molecule has 0 spiro atoms. The molecule has 0 radical (unpaired) electrons. The quantitative estimate of drug-likeness (QED) is 0.881. The van der Waals surface area contributed by atoms with Crippen molar-refractivity contribution in [2.24, 2.45) is 5.41 Å². The zero-order chi connectivity index (χ0) is 12.3. The number of carbonyl (C=O) groups is 1. The molecular formula is C13H17BrN2O. The van der Waals surface area contributed by atoms with Gasteiger partial charge in [0.25, 0.3) is 0 Å². The molecule has 0 bridgehead atoms. The zero-order valence-corrected chi connectivity index (χ0v) is 11.5. The average Bonchev–Trinajstić information content (AvgIpc) is 2.30. The number of anilines is 1. The van der Waals surface area contributed by atoms with Crippen molar-refractivity contribution in [2.75, 3.05) is 18.4 Å². The molecule has 0 saturated carbocycles. The third kappa shape index (κ3) is 3.07. The Hall–Kier alpha value is -0.870. The topological polar surface area (TPSA) is 41.1 Å². The van der Waals surface area contributed by atoms with E-state index >= 15 is 0 Å². The molecule has 1 fully saturated rings. The fraction of sp³-hybridized carbons (Fsp3) is 0.462. The molecule has 4 heteroatoms. The van der Waals surface area contributed by atoms with Crippen molar-refractivity contribution in [1.29, 1.82) is 0 Å². The van der Waals surface area contributed by atoms with Gasteiger partial charge in [0, 0.05) is 15.6 Å². The van der Waals surface area contributed by atoms with Gasteiger partial charge < -0.3 is 10.6 Å². The summed E-state index contributed by atoms with van der Waals surface area (Å²) >= 11 is 3.40. The first-order chi connectivity index (χ1) is 8.10. The number of amides is 1. The van der Waals surface area contributed by atoms with E-state index in [0.717, 1.165) is 36.1 Å². The van der Waals surface area contributed by atoms with Crippen LogP contribution in [0.4, 0.5) is 5.69 Å².